The summed E-state index contributed by atoms with van der Waals surface area (Å²) in [6.07, 6.45) is 2.75. The summed E-state index contributed by atoms with van der Waals surface area (Å²) in [5, 5.41) is 20.3. The number of fused-ring (bicyclic) bond motifs is 1. The Kier molecular flexibility index (Phi) is 8.17. The molecule has 8 heteroatoms. The van der Waals surface area contributed by atoms with Crippen LogP contribution in [0.2, 0.25) is 0 Å². The third kappa shape index (κ3) is 5.48. The number of halogens is 1. The van der Waals surface area contributed by atoms with Gasteiger partial charge in [0.15, 0.2) is 5.84 Å². The lowest BCUT2D eigenvalue weighted by Gasteiger charge is -2.23. The van der Waals surface area contributed by atoms with Gasteiger partial charge in [0, 0.05) is 22.1 Å². The highest BCUT2D eigenvalue weighted by Gasteiger charge is 2.16. The molecule has 0 bridgehead atoms. The first-order chi connectivity index (χ1) is 14.4. The summed E-state index contributed by atoms with van der Waals surface area (Å²) in [6.45, 7) is 7.77. The summed E-state index contributed by atoms with van der Waals surface area (Å²) >= 11 is 3.43. The van der Waals surface area contributed by atoms with Crippen molar-refractivity contribution < 1.29 is 4.79 Å². The topological polar surface area (TPSA) is 106 Å². The van der Waals surface area contributed by atoms with E-state index in [4.69, 9.17) is 10.8 Å². The van der Waals surface area contributed by atoms with Gasteiger partial charge in [0.2, 0.25) is 0 Å². The minimum absolute atomic E-state index is 0.0498. The number of carbonyl (C=O) groups is 1. The fraction of sp³-hybridized carbons (Fsp3) is 0.227. The van der Waals surface area contributed by atoms with E-state index in [0.29, 0.717) is 11.5 Å². The van der Waals surface area contributed by atoms with Crippen LogP contribution in [0.5, 0.6) is 0 Å². The number of hydrogen-bond donors (Lipinski definition) is 3. The molecule has 3 N–H and O–H groups in total. The molecule has 3 rings (SSSR count). The number of benzene rings is 1. The van der Waals surface area contributed by atoms with Crippen LogP contribution in [0.4, 0.5) is 5.82 Å². The zero-order chi connectivity index (χ0) is 22.3. The monoisotopic (exact) mass is 468 g/mol. The molecule has 1 amide bonds. The zero-order valence-electron chi connectivity index (χ0n) is 17.4. The SMILES string of the molecule is CC.CC(C)N(C=N)C(=N)c1cccc(NC(=O)c2cc3cc(Br)ccc3cn2)n1. The molecule has 7 nitrogen and oxygen atoms in total. The van der Waals surface area contributed by atoms with Crippen molar-refractivity contribution in [3.05, 3.63) is 64.5 Å². The fourth-order valence-corrected chi connectivity index (χ4v) is 3.04. The second kappa shape index (κ2) is 10.6. The molecule has 3 aromatic rings. The second-order valence-electron chi connectivity index (χ2n) is 6.40. The molecule has 0 saturated carbocycles. The largest absolute Gasteiger partial charge is 0.314 e. The third-order valence-corrected chi connectivity index (χ3v) is 4.60. The fourth-order valence-electron chi connectivity index (χ4n) is 2.66. The number of amides is 1. The van der Waals surface area contributed by atoms with Crippen molar-refractivity contribution in [2.75, 3.05) is 5.32 Å². The van der Waals surface area contributed by atoms with E-state index in [1.165, 1.54) is 4.90 Å². The minimum Gasteiger partial charge on any atom is -0.314 e. The first-order valence-electron chi connectivity index (χ1n) is 9.60. The van der Waals surface area contributed by atoms with Gasteiger partial charge in [0.25, 0.3) is 5.91 Å². The molecular formula is C22H25BrN6O. The van der Waals surface area contributed by atoms with Crippen molar-refractivity contribution in [3.63, 3.8) is 0 Å². The van der Waals surface area contributed by atoms with E-state index in [-0.39, 0.29) is 23.5 Å². The standard InChI is InChI=1S/C20H19BrN6O.C2H6/c1-12(2)27(11-22)19(23)16-4-3-5-18(25-16)26-20(28)17-9-14-8-15(21)7-6-13(14)10-24-17;1-2/h3-12,22-23H,1-2H3,(H,25,26,28);1-2H3. The van der Waals surface area contributed by atoms with E-state index >= 15 is 0 Å². The Morgan fingerprint density at radius 1 is 1.13 bits per heavy atom. The summed E-state index contributed by atoms with van der Waals surface area (Å²) in [6, 6.07) is 12.5. The zero-order valence-corrected chi connectivity index (χ0v) is 19.0. The average Bonchev–Trinajstić information content (AvgIpc) is 2.75. The van der Waals surface area contributed by atoms with Crippen molar-refractivity contribution in [1.82, 2.24) is 14.9 Å². The third-order valence-electron chi connectivity index (χ3n) is 4.10. The number of pyridine rings is 2. The molecule has 0 unspecified atom stereocenters. The van der Waals surface area contributed by atoms with Gasteiger partial charge in [-0.3, -0.25) is 20.6 Å². The van der Waals surface area contributed by atoms with E-state index in [9.17, 15) is 4.79 Å². The molecule has 2 aromatic heterocycles. The van der Waals surface area contributed by atoms with Crippen molar-refractivity contribution >= 4 is 50.6 Å². The van der Waals surface area contributed by atoms with Crippen molar-refractivity contribution in [3.8, 4) is 0 Å². The molecule has 0 radical (unpaired) electrons. The van der Waals surface area contributed by atoms with Gasteiger partial charge < -0.3 is 10.2 Å². The summed E-state index contributed by atoms with van der Waals surface area (Å²) < 4.78 is 0.923. The number of nitrogens with zero attached hydrogens (tertiary/aromatic N) is 3. The van der Waals surface area contributed by atoms with Gasteiger partial charge in [0.1, 0.15) is 17.2 Å². The number of rotatable bonds is 5. The van der Waals surface area contributed by atoms with E-state index in [1.54, 1.807) is 30.5 Å². The minimum atomic E-state index is -0.383. The highest BCUT2D eigenvalue weighted by atomic mass is 79.9. The van der Waals surface area contributed by atoms with Crippen LogP contribution in [-0.4, -0.2) is 39.0 Å². The molecule has 0 saturated heterocycles. The Bertz CT molecular complexity index is 1070. The Hall–Kier alpha value is -3.13. The van der Waals surface area contributed by atoms with Crippen LogP contribution in [0.15, 0.2) is 53.1 Å². The van der Waals surface area contributed by atoms with Crippen LogP contribution in [0, 0.1) is 10.8 Å². The van der Waals surface area contributed by atoms with Crippen LogP contribution < -0.4 is 5.32 Å². The molecule has 0 atom stereocenters. The van der Waals surface area contributed by atoms with Crippen molar-refractivity contribution in [1.29, 1.82) is 10.8 Å². The maximum absolute atomic E-state index is 12.6. The Morgan fingerprint density at radius 2 is 1.87 bits per heavy atom. The average molecular weight is 469 g/mol. The molecule has 2 heterocycles. The Labute approximate surface area is 184 Å². The predicted molar refractivity (Wildman–Crippen MR) is 126 cm³/mol. The smallest absolute Gasteiger partial charge is 0.275 e. The Balaban J connectivity index is 0.00000155. The number of nitrogens with one attached hydrogen (secondary N) is 3. The van der Waals surface area contributed by atoms with Crippen LogP contribution in [0.25, 0.3) is 10.8 Å². The Morgan fingerprint density at radius 3 is 2.53 bits per heavy atom. The van der Waals surface area contributed by atoms with Gasteiger partial charge in [-0.05, 0) is 49.6 Å². The summed E-state index contributed by atoms with van der Waals surface area (Å²) in [5.74, 6) is 0.0256. The molecule has 156 valence electrons. The number of carbonyl (C=O) groups excluding carboxylic acids is 1. The van der Waals surface area contributed by atoms with Crippen molar-refractivity contribution in [2.24, 2.45) is 0 Å². The van der Waals surface area contributed by atoms with Gasteiger partial charge in [-0.2, -0.15) is 0 Å². The predicted octanol–water partition coefficient (Wildman–Crippen LogP) is 5.31. The maximum Gasteiger partial charge on any atom is 0.275 e. The lowest BCUT2D eigenvalue weighted by molar-refractivity contribution is 0.102. The van der Waals surface area contributed by atoms with E-state index in [0.717, 1.165) is 21.6 Å². The van der Waals surface area contributed by atoms with Gasteiger partial charge in [0.05, 0.1) is 6.34 Å². The number of amidine groups is 1. The highest BCUT2D eigenvalue weighted by Crippen LogP contribution is 2.20. The normalized spacial score (nSPS) is 10.2. The van der Waals surface area contributed by atoms with Gasteiger partial charge in [-0.15, -0.1) is 0 Å². The molecule has 0 aliphatic carbocycles. The molecule has 0 aliphatic heterocycles. The van der Waals surface area contributed by atoms with E-state index in [2.05, 4.69) is 31.2 Å². The van der Waals surface area contributed by atoms with Crippen LogP contribution in [0.1, 0.15) is 43.9 Å². The first kappa shape index (κ1) is 23.2. The van der Waals surface area contributed by atoms with Crippen LogP contribution in [0.3, 0.4) is 0 Å². The van der Waals surface area contributed by atoms with Gasteiger partial charge in [-0.25, -0.2) is 4.98 Å². The first-order valence-corrected chi connectivity index (χ1v) is 10.4. The van der Waals surface area contributed by atoms with E-state index < -0.39 is 0 Å². The molecule has 0 spiro atoms. The number of anilines is 1. The van der Waals surface area contributed by atoms with E-state index in [1.807, 2.05) is 45.9 Å². The number of hydrogen-bond acceptors (Lipinski definition) is 5. The molecule has 30 heavy (non-hydrogen) atoms. The second-order valence-corrected chi connectivity index (χ2v) is 7.32. The molecular weight excluding hydrogens is 444 g/mol. The lowest BCUT2D eigenvalue weighted by atomic mass is 10.1. The summed E-state index contributed by atoms with van der Waals surface area (Å²) in [7, 11) is 0. The van der Waals surface area contributed by atoms with Gasteiger partial charge in [-0.1, -0.05) is 41.9 Å². The molecule has 0 fully saturated rings. The molecule has 0 aliphatic rings. The van der Waals surface area contributed by atoms with Crippen molar-refractivity contribution in [2.45, 2.75) is 33.7 Å². The lowest BCUT2D eigenvalue weighted by Crippen LogP contribution is -2.36. The number of aromatic nitrogens is 2. The van der Waals surface area contributed by atoms with Crippen LogP contribution in [-0.2, 0) is 0 Å². The van der Waals surface area contributed by atoms with Gasteiger partial charge >= 0.3 is 0 Å². The summed E-state index contributed by atoms with van der Waals surface area (Å²) in [4.78, 5) is 22.6. The van der Waals surface area contributed by atoms with Crippen LogP contribution >= 0.6 is 15.9 Å². The highest BCUT2D eigenvalue weighted by molar-refractivity contribution is 9.10. The summed E-state index contributed by atoms with van der Waals surface area (Å²) in [5.41, 5.74) is 0.640. The maximum atomic E-state index is 12.6. The quantitative estimate of drug-likeness (QED) is 0.348. The molecule has 1 aromatic carbocycles.